The maximum Gasteiger partial charge on any atom is 0.0223 e. The number of hydrogen-bond donors (Lipinski definition) is 1. The summed E-state index contributed by atoms with van der Waals surface area (Å²) in [6, 6.07) is 0.792. The van der Waals surface area contributed by atoms with Crippen LogP contribution in [0.15, 0.2) is 0 Å². The summed E-state index contributed by atoms with van der Waals surface area (Å²) in [5.74, 6) is 0. The average Bonchev–Trinajstić information content (AvgIpc) is 2.71. The second-order valence-electron chi connectivity index (χ2n) is 6.15. The zero-order valence-electron chi connectivity index (χ0n) is 11.6. The fourth-order valence-electron chi connectivity index (χ4n) is 3.26. The van der Waals surface area contributed by atoms with Crippen LogP contribution in [-0.2, 0) is 0 Å². The number of hydrogen-bond acceptors (Lipinski definition) is 3. The Morgan fingerprint density at radius 2 is 2.12 bits per heavy atom. The van der Waals surface area contributed by atoms with Crippen molar-refractivity contribution in [3.63, 3.8) is 0 Å². The van der Waals surface area contributed by atoms with Crippen molar-refractivity contribution in [2.24, 2.45) is 5.73 Å². The number of nitrogens with zero attached hydrogens (tertiary/aromatic N) is 2. The average molecular weight is 239 g/mol. The zero-order chi connectivity index (χ0) is 12.3. The predicted octanol–water partition coefficient (Wildman–Crippen LogP) is 1.67. The molecule has 2 fully saturated rings. The first-order chi connectivity index (χ1) is 8.13. The lowest BCUT2D eigenvalue weighted by Crippen LogP contribution is -2.49. The topological polar surface area (TPSA) is 32.5 Å². The van der Waals surface area contributed by atoms with E-state index in [4.69, 9.17) is 5.73 Å². The molecule has 2 rings (SSSR count). The second kappa shape index (κ2) is 5.68. The summed E-state index contributed by atoms with van der Waals surface area (Å²) in [5, 5.41) is 0. The highest BCUT2D eigenvalue weighted by molar-refractivity contribution is 4.93. The third kappa shape index (κ3) is 3.43. The van der Waals surface area contributed by atoms with E-state index in [1.807, 2.05) is 0 Å². The van der Waals surface area contributed by atoms with E-state index in [1.165, 1.54) is 64.7 Å². The molecule has 0 bridgehead atoms. The molecule has 0 radical (unpaired) electrons. The molecule has 3 nitrogen and oxygen atoms in total. The van der Waals surface area contributed by atoms with Gasteiger partial charge in [0.15, 0.2) is 0 Å². The largest absolute Gasteiger partial charge is 0.325 e. The van der Waals surface area contributed by atoms with Crippen LogP contribution < -0.4 is 5.73 Å². The van der Waals surface area contributed by atoms with E-state index in [2.05, 4.69) is 23.8 Å². The monoisotopic (exact) mass is 239 g/mol. The van der Waals surface area contributed by atoms with Crippen molar-refractivity contribution >= 4 is 0 Å². The maximum absolute atomic E-state index is 6.28. The van der Waals surface area contributed by atoms with Gasteiger partial charge in [0.25, 0.3) is 0 Å². The first kappa shape index (κ1) is 13.3. The fraction of sp³-hybridized carbons (Fsp3) is 1.00. The summed E-state index contributed by atoms with van der Waals surface area (Å²) in [5.41, 5.74) is 6.46. The molecule has 17 heavy (non-hydrogen) atoms. The van der Waals surface area contributed by atoms with E-state index in [0.717, 1.165) is 6.04 Å². The number of likely N-dealkylation sites (tertiary alicyclic amines) is 1. The molecule has 0 aromatic rings. The fourth-order valence-corrected chi connectivity index (χ4v) is 3.26. The van der Waals surface area contributed by atoms with Crippen molar-refractivity contribution in [2.75, 3.05) is 33.2 Å². The highest BCUT2D eigenvalue weighted by Gasteiger charge is 2.32. The van der Waals surface area contributed by atoms with Crippen LogP contribution in [-0.4, -0.2) is 54.6 Å². The summed E-state index contributed by atoms with van der Waals surface area (Å²) < 4.78 is 0. The molecular weight excluding hydrogens is 210 g/mol. The quantitative estimate of drug-likeness (QED) is 0.765. The number of likely N-dealkylation sites (N-methyl/N-ethyl adjacent to an activating group) is 2. The first-order valence-electron chi connectivity index (χ1n) is 7.34. The molecule has 0 aromatic carbocycles. The standard InChI is InChI=1S/C14H29N3/c1-3-17-10-4-6-13(17)12-16(2)11-9-14(15)7-5-8-14/h13H,3-12,15H2,1-2H3. The minimum absolute atomic E-state index is 0.189. The van der Waals surface area contributed by atoms with E-state index in [0.29, 0.717) is 0 Å². The highest BCUT2D eigenvalue weighted by Crippen LogP contribution is 2.32. The van der Waals surface area contributed by atoms with Gasteiger partial charge in [-0.3, -0.25) is 4.90 Å². The summed E-state index contributed by atoms with van der Waals surface area (Å²) in [6.07, 6.45) is 7.77. The molecular formula is C14H29N3. The van der Waals surface area contributed by atoms with Crippen LogP contribution in [0.25, 0.3) is 0 Å². The summed E-state index contributed by atoms with van der Waals surface area (Å²) in [6.45, 7) is 7.19. The maximum atomic E-state index is 6.28. The van der Waals surface area contributed by atoms with Gasteiger partial charge in [0.05, 0.1) is 0 Å². The Labute approximate surface area is 106 Å². The molecule has 2 N–H and O–H groups in total. The molecule has 0 spiro atoms. The lowest BCUT2D eigenvalue weighted by molar-refractivity contribution is 0.164. The van der Waals surface area contributed by atoms with Crippen molar-refractivity contribution in [2.45, 2.75) is 57.0 Å². The molecule has 1 atom stereocenters. The van der Waals surface area contributed by atoms with Crippen LogP contribution in [0.2, 0.25) is 0 Å². The second-order valence-corrected chi connectivity index (χ2v) is 6.15. The minimum Gasteiger partial charge on any atom is -0.325 e. The summed E-state index contributed by atoms with van der Waals surface area (Å²) in [4.78, 5) is 5.11. The molecule has 0 aromatic heterocycles. The van der Waals surface area contributed by atoms with Crippen LogP contribution in [0, 0.1) is 0 Å². The first-order valence-corrected chi connectivity index (χ1v) is 7.34. The van der Waals surface area contributed by atoms with Gasteiger partial charge in [0, 0.05) is 18.1 Å². The lowest BCUT2D eigenvalue weighted by Gasteiger charge is -2.39. The van der Waals surface area contributed by atoms with E-state index < -0.39 is 0 Å². The zero-order valence-corrected chi connectivity index (χ0v) is 11.6. The Morgan fingerprint density at radius 3 is 2.71 bits per heavy atom. The van der Waals surface area contributed by atoms with Crippen LogP contribution in [0.4, 0.5) is 0 Å². The van der Waals surface area contributed by atoms with Gasteiger partial charge < -0.3 is 10.6 Å². The van der Waals surface area contributed by atoms with E-state index in [9.17, 15) is 0 Å². The molecule has 2 aliphatic rings. The van der Waals surface area contributed by atoms with E-state index in [1.54, 1.807) is 0 Å². The molecule has 1 aliphatic heterocycles. The van der Waals surface area contributed by atoms with Gasteiger partial charge in [-0.1, -0.05) is 6.92 Å². The Morgan fingerprint density at radius 1 is 1.35 bits per heavy atom. The van der Waals surface area contributed by atoms with Crippen molar-refractivity contribution in [3.05, 3.63) is 0 Å². The number of nitrogens with two attached hydrogens (primary N) is 1. The van der Waals surface area contributed by atoms with Crippen LogP contribution in [0.1, 0.15) is 45.4 Å². The van der Waals surface area contributed by atoms with Gasteiger partial charge in [-0.25, -0.2) is 0 Å². The van der Waals surface area contributed by atoms with Gasteiger partial charge in [0.1, 0.15) is 0 Å². The molecule has 3 heteroatoms. The SMILES string of the molecule is CCN1CCCC1CN(C)CCC1(N)CCC1. The van der Waals surface area contributed by atoms with Crippen LogP contribution in [0.3, 0.4) is 0 Å². The molecule has 0 amide bonds. The molecule has 1 unspecified atom stereocenters. The third-order valence-corrected chi connectivity index (χ3v) is 4.77. The van der Waals surface area contributed by atoms with E-state index >= 15 is 0 Å². The summed E-state index contributed by atoms with van der Waals surface area (Å²) in [7, 11) is 2.26. The van der Waals surface area contributed by atoms with Gasteiger partial charge in [-0.2, -0.15) is 0 Å². The minimum atomic E-state index is 0.189. The van der Waals surface area contributed by atoms with Crippen molar-refractivity contribution in [3.8, 4) is 0 Å². The summed E-state index contributed by atoms with van der Waals surface area (Å²) >= 11 is 0. The Bertz CT molecular complexity index is 238. The molecule has 1 aliphatic carbocycles. The Balaban J connectivity index is 1.67. The Hall–Kier alpha value is -0.120. The molecule has 1 saturated carbocycles. The molecule has 1 saturated heterocycles. The molecule has 100 valence electrons. The van der Waals surface area contributed by atoms with Crippen molar-refractivity contribution in [1.29, 1.82) is 0 Å². The van der Waals surface area contributed by atoms with Gasteiger partial charge in [-0.05, 0) is 65.2 Å². The van der Waals surface area contributed by atoms with Gasteiger partial charge in [-0.15, -0.1) is 0 Å². The molecule has 1 heterocycles. The third-order valence-electron chi connectivity index (χ3n) is 4.77. The smallest absolute Gasteiger partial charge is 0.0223 e. The normalized spacial score (nSPS) is 28.6. The van der Waals surface area contributed by atoms with Crippen molar-refractivity contribution in [1.82, 2.24) is 9.80 Å². The van der Waals surface area contributed by atoms with Crippen molar-refractivity contribution < 1.29 is 0 Å². The Kier molecular flexibility index (Phi) is 4.45. The van der Waals surface area contributed by atoms with Gasteiger partial charge in [0.2, 0.25) is 0 Å². The predicted molar refractivity (Wildman–Crippen MR) is 73.2 cm³/mol. The van der Waals surface area contributed by atoms with Crippen LogP contribution in [0.5, 0.6) is 0 Å². The van der Waals surface area contributed by atoms with Crippen LogP contribution >= 0.6 is 0 Å². The lowest BCUT2D eigenvalue weighted by atomic mass is 9.75. The number of rotatable bonds is 6. The van der Waals surface area contributed by atoms with Gasteiger partial charge >= 0.3 is 0 Å². The van der Waals surface area contributed by atoms with E-state index in [-0.39, 0.29) is 5.54 Å². The highest BCUT2D eigenvalue weighted by atomic mass is 15.2.